The average molecular weight is 266 g/mol. The lowest BCUT2D eigenvalue weighted by Crippen LogP contribution is -2.28. The van der Waals surface area contributed by atoms with E-state index in [2.05, 4.69) is 15.9 Å². The molecule has 5 heteroatoms. The Labute approximate surface area is 89.3 Å². The van der Waals surface area contributed by atoms with Crippen LogP contribution in [-0.2, 0) is 0 Å². The van der Waals surface area contributed by atoms with Gasteiger partial charge in [0.25, 0.3) is 0 Å². The second kappa shape index (κ2) is 5.07. The fourth-order valence-electron chi connectivity index (χ4n) is 1.01. The molecule has 0 radical (unpaired) electrons. The third kappa shape index (κ3) is 3.03. The van der Waals surface area contributed by atoms with Crippen molar-refractivity contribution in [2.24, 2.45) is 5.73 Å². The van der Waals surface area contributed by atoms with E-state index in [0.717, 1.165) is 8.66 Å². The number of hydrogen-bond donors (Lipinski definition) is 3. The van der Waals surface area contributed by atoms with Gasteiger partial charge in [-0.05, 0) is 34.5 Å². The van der Waals surface area contributed by atoms with Gasteiger partial charge in [-0.2, -0.15) is 0 Å². The molecule has 13 heavy (non-hydrogen) atoms. The SMILES string of the molecule is NC(CCO)C(O)c1ccc(Br)s1. The molecule has 0 spiro atoms. The maximum absolute atomic E-state index is 9.69. The smallest absolute Gasteiger partial charge is 0.103 e. The monoisotopic (exact) mass is 265 g/mol. The van der Waals surface area contributed by atoms with E-state index in [1.54, 1.807) is 0 Å². The van der Waals surface area contributed by atoms with Crippen LogP contribution in [0.15, 0.2) is 15.9 Å². The van der Waals surface area contributed by atoms with Gasteiger partial charge >= 0.3 is 0 Å². The molecule has 0 aliphatic rings. The highest BCUT2D eigenvalue weighted by Gasteiger charge is 2.17. The van der Waals surface area contributed by atoms with Crippen molar-refractivity contribution in [1.29, 1.82) is 0 Å². The third-order valence-electron chi connectivity index (χ3n) is 1.75. The Hall–Kier alpha value is 0.0600. The van der Waals surface area contributed by atoms with Crippen LogP contribution in [0.3, 0.4) is 0 Å². The van der Waals surface area contributed by atoms with E-state index in [1.807, 2.05) is 12.1 Å². The molecular weight excluding hydrogens is 254 g/mol. The fourth-order valence-corrected chi connectivity index (χ4v) is 2.49. The van der Waals surface area contributed by atoms with Crippen LogP contribution in [0.5, 0.6) is 0 Å². The van der Waals surface area contributed by atoms with Crippen LogP contribution in [0.4, 0.5) is 0 Å². The zero-order valence-corrected chi connectivity index (χ0v) is 9.38. The van der Waals surface area contributed by atoms with E-state index in [1.165, 1.54) is 11.3 Å². The van der Waals surface area contributed by atoms with Gasteiger partial charge in [0.15, 0.2) is 0 Å². The van der Waals surface area contributed by atoms with Gasteiger partial charge in [0, 0.05) is 17.5 Å². The maximum Gasteiger partial charge on any atom is 0.103 e. The minimum absolute atomic E-state index is 0.00473. The van der Waals surface area contributed by atoms with E-state index >= 15 is 0 Å². The van der Waals surface area contributed by atoms with Crippen molar-refractivity contribution in [2.45, 2.75) is 18.6 Å². The lowest BCUT2D eigenvalue weighted by atomic mass is 10.1. The second-order valence-electron chi connectivity index (χ2n) is 2.76. The van der Waals surface area contributed by atoms with Crippen LogP contribution in [-0.4, -0.2) is 22.9 Å². The van der Waals surface area contributed by atoms with E-state index < -0.39 is 12.1 Å². The summed E-state index contributed by atoms with van der Waals surface area (Å²) in [5, 5.41) is 18.3. The molecule has 1 aromatic rings. The average Bonchev–Trinajstić information content (AvgIpc) is 2.51. The third-order valence-corrected chi connectivity index (χ3v) is 3.45. The Balaban J connectivity index is 2.61. The van der Waals surface area contributed by atoms with Gasteiger partial charge in [-0.15, -0.1) is 11.3 Å². The molecule has 0 aromatic carbocycles. The van der Waals surface area contributed by atoms with Gasteiger partial charge in [-0.1, -0.05) is 0 Å². The first kappa shape index (κ1) is 11.1. The summed E-state index contributed by atoms with van der Waals surface area (Å²) < 4.78 is 0.970. The summed E-state index contributed by atoms with van der Waals surface area (Å²) in [6, 6.07) is 3.31. The van der Waals surface area contributed by atoms with Crippen LogP contribution in [0.1, 0.15) is 17.4 Å². The summed E-state index contributed by atoms with van der Waals surface area (Å²) >= 11 is 4.76. The molecule has 0 fully saturated rings. The summed E-state index contributed by atoms with van der Waals surface area (Å²) in [4.78, 5) is 0.827. The van der Waals surface area contributed by atoms with Crippen LogP contribution in [0, 0.1) is 0 Å². The zero-order valence-electron chi connectivity index (χ0n) is 6.98. The molecule has 4 N–H and O–H groups in total. The minimum Gasteiger partial charge on any atom is -0.396 e. The van der Waals surface area contributed by atoms with Crippen molar-refractivity contribution >= 4 is 27.3 Å². The number of thiophene rings is 1. The highest BCUT2D eigenvalue weighted by Crippen LogP contribution is 2.28. The Kier molecular flexibility index (Phi) is 4.34. The molecule has 0 bridgehead atoms. The minimum atomic E-state index is -0.677. The highest BCUT2D eigenvalue weighted by atomic mass is 79.9. The molecular formula is C8H12BrNO2S. The molecule has 3 nitrogen and oxygen atoms in total. The molecule has 1 heterocycles. The summed E-state index contributed by atoms with van der Waals surface area (Å²) in [5.74, 6) is 0. The number of hydrogen-bond acceptors (Lipinski definition) is 4. The summed E-state index contributed by atoms with van der Waals surface area (Å²) in [7, 11) is 0. The first-order valence-corrected chi connectivity index (χ1v) is 5.56. The molecule has 0 saturated carbocycles. The topological polar surface area (TPSA) is 66.5 Å². The van der Waals surface area contributed by atoms with E-state index in [4.69, 9.17) is 10.8 Å². The molecule has 2 atom stereocenters. The van der Waals surface area contributed by atoms with Gasteiger partial charge in [0.1, 0.15) is 6.10 Å². The fraction of sp³-hybridized carbons (Fsp3) is 0.500. The lowest BCUT2D eigenvalue weighted by molar-refractivity contribution is 0.132. The largest absolute Gasteiger partial charge is 0.396 e. The molecule has 1 aromatic heterocycles. The van der Waals surface area contributed by atoms with Crippen molar-refractivity contribution < 1.29 is 10.2 Å². The molecule has 0 aliphatic heterocycles. The van der Waals surface area contributed by atoms with E-state index in [9.17, 15) is 5.11 Å². The normalized spacial score (nSPS) is 15.7. The lowest BCUT2D eigenvalue weighted by Gasteiger charge is -2.15. The molecule has 2 unspecified atom stereocenters. The molecule has 1 rings (SSSR count). The van der Waals surface area contributed by atoms with Crippen molar-refractivity contribution in [3.05, 3.63) is 20.8 Å². The van der Waals surface area contributed by atoms with Crippen molar-refractivity contribution in [3.63, 3.8) is 0 Å². The van der Waals surface area contributed by atoms with Crippen molar-refractivity contribution in [2.75, 3.05) is 6.61 Å². The Morgan fingerprint density at radius 2 is 2.23 bits per heavy atom. The number of aliphatic hydroxyl groups is 2. The molecule has 74 valence electrons. The Morgan fingerprint density at radius 3 is 2.69 bits per heavy atom. The van der Waals surface area contributed by atoms with Gasteiger partial charge < -0.3 is 15.9 Å². The number of nitrogens with two attached hydrogens (primary N) is 1. The van der Waals surface area contributed by atoms with Crippen molar-refractivity contribution in [1.82, 2.24) is 0 Å². The Bertz CT molecular complexity index is 266. The molecule has 0 aliphatic carbocycles. The zero-order chi connectivity index (χ0) is 9.84. The second-order valence-corrected chi connectivity index (χ2v) is 5.26. The number of aliphatic hydroxyl groups excluding tert-OH is 2. The first-order chi connectivity index (χ1) is 6.15. The molecule has 0 saturated heterocycles. The summed E-state index contributed by atoms with van der Waals surface area (Å²) in [5.41, 5.74) is 5.65. The number of rotatable bonds is 4. The van der Waals surface area contributed by atoms with E-state index in [-0.39, 0.29) is 6.61 Å². The molecule has 0 amide bonds. The summed E-state index contributed by atoms with van der Waals surface area (Å²) in [6.45, 7) is 0.00473. The van der Waals surface area contributed by atoms with Gasteiger partial charge in [0.05, 0.1) is 3.79 Å². The first-order valence-electron chi connectivity index (χ1n) is 3.95. The predicted octanol–water partition coefficient (Wildman–Crippen LogP) is 1.25. The van der Waals surface area contributed by atoms with Crippen LogP contribution in [0.25, 0.3) is 0 Å². The van der Waals surface area contributed by atoms with Gasteiger partial charge in [-0.25, -0.2) is 0 Å². The van der Waals surface area contributed by atoms with Gasteiger partial charge in [-0.3, -0.25) is 0 Å². The quantitative estimate of drug-likeness (QED) is 0.768. The van der Waals surface area contributed by atoms with E-state index in [0.29, 0.717) is 6.42 Å². The van der Waals surface area contributed by atoms with Crippen LogP contribution < -0.4 is 5.73 Å². The van der Waals surface area contributed by atoms with Crippen LogP contribution in [0.2, 0.25) is 0 Å². The van der Waals surface area contributed by atoms with Crippen LogP contribution >= 0.6 is 27.3 Å². The standard InChI is InChI=1S/C8H12BrNO2S/c9-7-2-1-6(13-7)8(12)5(10)3-4-11/h1-2,5,8,11-12H,3-4,10H2. The highest BCUT2D eigenvalue weighted by molar-refractivity contribution is 9.11. The Morgan fingerprint density at radius 1 is 1.54 bits per heavy atom. The predicted molar refractivity (Wildman–Crippen MR) is 56.7 cm³/mol. The number of halogens is 1. The maximum atomic E-state index is 9.69. The summed E-state index contributed by atoms with van der Waals surface area (Å²) in [6.07, 6.45) is -0.264. The van der Waals surface area contributed by atoms with Crippen molar-refractivity contribution in [3.8, 4) is 0 Å². The van der Waals surface area contributed by atoms with Gasteiger partial charge in [0.2, 0.25) is 0 Å².